The monoisotopic (exact) mass is 234 g/mol. The van der Waals surface area contributed by atoms with Crippen molar-refractivity contribution in [3.8, 4) is 0 Å². The Balaban J connectivity index is 1.81. The highest BCUT2D eigenvalue weighted by atomic mass is 32.2. The van der Waals surface area contributed by atoms with Crippen LogP contribution in [0, 0.1) is 5.92 Å². The Morgan fingerprint density at radius 1 is 1.40 bits per heavy atom. The van der Waals surface area contributed by atoms with E-state index in [-0.39, 0.29) is 5.25 Å². The summed E-state index contributed by atoms with van der Waals surface area (Å²) in [6, 6.07) is 0. The quantitative estimate of drug-likeness (QED) is 0.675. The highest BCUT2D eigenvalue weighted by Gasteiger charge is 2.29. The Labute approximate surface area is 90.6 Å². The summed E-state index contributed by atoms with van der Waals surface area (Å²) in [4.78, 5) is 0. The molecule has 2 saturated heterocycles. The zero-order valence-corrected chi connectivity index (χ0v) is 9.55. The van der Waals surface area contributed by atoms with Crippen LogP contribution in [0.5, 0.6) is 0 Å². The summed E-state index contributed by atoms with van der Waals surface area (Å²) in [5.74, 6) is 0.356. The summed E-state index contributed by atoms with van der Waals surface area (Å²) in [5, 5.41) is 2.81. The lowest BCUT2D eigenvalue weighted by Crippen LogP contribution is -2.38. The molecule has 0 saturated carbocycles. The van der Waals surface area contributed by atoms with Crippen molar-refractivity contribution >= 4 is 10.0 Å². The fourth-order valence-corrected chi connectivity index (χ4v) is 3.46. The molecule has 2 N–H and O–H groups in total. The Bertz CT molecular complexity index is 292. The first kappa shape index (κ1) is 11.3. The molecular weight excluding hydrogens is 216 g/mol. The van der Waals surface area contributed by atoms with Crippen molar-refractivity contribution in [2.75, 3.05) is 32.8 Å². The fourth-order valence-electron chi connectivity index (χ4n) is 1.99. The van der Waals surface area contributed by atoms with E-state index in [0.29, 0.717) is 25.6 Å². The van der Waals surface area contributed by atoms with Crippen molar-refractivity contribution < 1.29 is 13.2 Å². The highest BCUT2D eigenvalue weighted by molar-refractivity contribution is 7.90. The van der Waals surface area contributed by atoms with Gasteiger partial charge in [0.15, 0.2) is 0 Å². The molecule has 0 aliphatic carbocycles. The third kappa shape index (κ3) is 2.90. The van der Waals surface area contributed by atoms with E-state index < -0.39 is 10.0 Å². The molecule has 0 aromatic carbocycles. The molecule has 0 spiro atoms. The predicted molar refractivity (Wildman–Crippen MR) is 57.1 cm³/mol. The molecule has 2 atom stereocenters. The second kappa shape index (κ2) is 4.78. The summed E-state index contributed by atoms with van der Waals surface area (Å²) >= 11 is 0. The molecular formula is C9H18N2O3S. The van der Waals surface area contributed by atoms with E-state index in [9.17, 15) is 8.42 Å². The number of hydrogen-bond acceptors (Lipinski definition) is 4. The molecule has 2 fully saturated rings. The summed E-state index contributed by atoms with van der Waals surface area (Å²) < 4.78 is 31.5. The molecule has 2 aliphatic heterocycles. The van der Waals surface area contributed by atoms with Gasteiger partial charge in [0.05, 0.1) is 11.9 Å². The SMILES string of the molecule is O=S(=O)(NCC1CCOC1)C1CCNC1. The Morgan fingerprint density at radius 3 is 2.87 bits per heavy atom. The number of ether oxygens (including phenoxy) is 1. The molecule has 6 heteroatoms. The van der Waals surface area contributed by atoms with Crippen LogP contribution < -0.4 is 10.0 Å². The molecule has 0 aromatic heterocycles. The van der Waals surface area contributed by atoms with Gasteiger partial charge in [-0.05, 0) is 25.3 Å². The lowest BCUT2D eigenvalue weighted by molar-refractivity contribution is 0.186. The third-order valence-corrected chi connectivity index (χ3v) is 4.90. The first-order chi connectivity index (χ1) is 7.18. The molecule has 0 amide bonds. The van der Waals surface area contributed by atoms with E-state index in [2.05, 4.69) is 10.0 Å². The van der Waals surface area contributed by atoms with Crippen molar-refractivity contribution in [1.29, 1.82) is 0 Å². The zero-order valence-electron chi connectivity index (χ0n) is 8.74. The second-order valence-corrected chi connectivity index (χ2v) is 6.28. The van der Waals surface area contributed by atoms with Crippen LogP contribution in [0.25, 0.3) is 0 Å². The average molecular weight is 234 g/mol. The first-order valence-electron chi connectivity index (χ1n) is 5.45. The van der Waals surface area contributed by atoms with Crippen LogP contribution >= 0.6 is 0 Å². The summed E-state index contributed by atoms with van der Waals surface area (Å²) in [6.07, 6.45) is 1.68. The van der Waals surface area contributed by atoms with Crippen LogP contribution in [0.2, 0.25) is 0 Å². The predicted octanol–water partition coefficient (Wildman–Crippen LogP) is -0.696. The van der Waals surface area contributed by atoms with Gasteiger partial charge in [0.2, 0.25) is 10.0 Å². The smallest absolute Gasteiger partial charge is 0.215 e. The van der Waals surface area contributed by atoms with Gasteiger partial charge in [-0.25, -0.2) is 13.1 Å². The molecule has 2 unspecified atom stereocenters. The summed E-state index contributed by atoms with van der Waals surface area (Å²) in [6.45, 7) is 3.36. The second-order valence-electron chi connectivity index (χ2n) is 4.24. The van der Waals surface area contributed by atoms with E-state index in [1.807, 2.05) is 0 Å². The zero-order chi connectivity index (χ0) is 10.7. The van der Waals surface area contributed by atoms with Gasteiger partial charge >= 0.3 is 0 Å². The van der Waals surface area contributed by atoms with Gasteiger partial charge in [-0.15, -0.1) is 0 Å². The van der Waals surface area contributed by atoms with Crippen LogP contribution in [0.4, 0.5) is 0 Å². The Morgan fingerprint density at radius 2 is 2.27 bits per heavy atom. The van der Waals surface area contributed by atoms with Crippen molar-refractivity contribution in [3.63, 3.8) is 0 Å². The third-order valence-electron chi connectivity index (χ3n) is 3.05. The van der Waals surface area contributed by atoms with Gasteiger partial charge < -0.3 is 10.1 Å². The van der Waals surface area contributed by atoms with E-state index in [1.165, 1.54) is 0 Å². The molecule has 88 valence electrons. The van der Waals surface area contributed by atoms with E-state index in [1.54, 1.807) is 0 Å². The van der Waals surface area contributed by atoms with Gasteiger partial charge in [0, 0.05) is 19.7 Å². The van der Waals surface area contributed by atoms with Crippen LogP contribution in [0.3, 0.4) is 0 Å². The van der Waals surface area contributed by atoms with Crippen LogP contribution in [0.15, 0.2) is 0 Å². The maximum Gasteiger partial charge on any atom is 0.215 e. The minimum Gasteiger partial charge on any atom is -0.381 e. The van der Waals surface area contributed by atoms with Gasteiger partial charge in [-0.1, -0.05) is 0 Å². The lowest BCUT2D eigenvalue weighted by atomic mass is 10.1. The van der Waals surface area contributed by atoms with Crippen molar-refractivity contribution in [2.24, 2.45) is 5.92 Å². The molecule has 2 rings (SSSR count). The van der Waals surface area contributed by atoms with Crippen molar-refractivity contribution in [2.45, 2.75) is 18.1 Å². The molecule has 0 radical (unpaired) electrons. The average Bonchev–Trinajstić information content (AvgIpc) is 2.88. The number of rotatable bonds is 4. The maximum atomic E-state index is 11.8. The summed E-state index contributed by atoms with van der Waals surface area (Å²) in [5.41, 5.74) is 0. The molecule has 0 bridgehead atoms. The maximum absolute atomic E-state index is 11.8. The largest absolute Gasteiger partial charge is 0.381 e. The number of nitrogens with one attached hydrogen (secondary N) is 2. The number of sulfonamides is 1. The van der Waals surface area contributed by atoms with Gasteiger partial charge in [-0.3, -0.25) is 0 Å². The van der Waals surface area contributed by atoms with Crippen molar-refractivity contribution in [1.82, 2.24) is 10.0 Å². The molecule has 2 aliphatic rings. The molecule has 15 heavy (non-hydrogen) atoms. The standard InChI is InChI=1S/C9H18N2O3S/c12-15(13,9-1-3-10-6-9)11-5-8-2-4-14-7-8/h8-11H,1-7H2. The van der Waals surface area contributed by atoms with E-state index in [4.69, 9.17) is 4.74 Å². The lowest BCUT2D eigenvalue weighted by Gasteiger charge is -2.14. The summed E-state index contributed by atoms with van der Waals surface area (Å²) in [7, 11) is -3.12. The van der Waals surface area contributed by atoms with Gasteiger partial charge in [-0.2, -0.15) is 0 Å². The molecule has 5 nitrogen and oxygen atoms in total. The minimum absolute atomic E-state index is 0.250. The minimum atomic E-state index is -3.12. The first-order valence-corrected chi connectivity index (χ1v) is 7.00. The van der Waals surface area contributed by atoms with Crippen LogP contribution in [-0.4, -0.2) is 46.5 Å². The number of hydrogen-bond donors (Lipinski definition) is 2. The Hall–Kier alpha value is -0.170. The van der Waals surface area contributed by atoms with Crippen LogP contribution in [0.1, 0.15) is 12.8 Å². The van der Waals surface area contributed by atoms with E-state index in [0.717, 1.165) is 26.0 Å². The molecule has 2 heterocycles. The topological polar surface area (TPSA) is 67.4 Å². The molecule has 0 aromatic rings. The van der Waals surface area contributed by atoms with Crippen LogP contribution in [-0.2, 0) is 14.8 Å². The normalized spacial score (nSPS) is 32.3. The van der Waals surface area contributed by atoms with E-state index >= 15 is 0 Å². The van der Waals surface area contributed by atoms with Gasteiger partial charge in [0.25, 0.3) is 0 Å². The Kier molecular flexibility index (Phi) is 3.60. The van der Waals surface area contributed by atoms with Crippen molar-refractivity contribution in [3.05, 3.63) is 0 Å². The van der Waals surface area contributed by atoms with Gasteiger partial charge in [0.1, 0.15) is 0 Å². The highest BCUT2D eigenvalue weighted by Crippen LogP contribution is 2.13. The fraction of sp³-hybridized carbons (Fsp3) is 1.00.